The summed E-state index contributed by atoms with van der Waals surface area (Å²) < 4.78 is 5.32. The maximum atomic E-state index is 12.9. The number of hydrogen-bond acceptors (Lipinski definition) is 5. The van der Waals surface area contributed by atoms with Gasteiger partial charge >= 0.3 is 0 Å². The summed E-state index contributed by atoms with van der Waals surface area (Å²) in [5.41, 5.74) is -0.373. The molecule has 0 saturated carbocycles. The lowest BCUT2D eigenvalue weighted by Gasteiger charge is -2.39. The SMILES string of the molecule is COCC1(C(=O)N2CCN(c3ccccn3)CC2)CCNC1. The lowest BCUT2D eigenvalue weighted by Crippen LogP contribution is -2.55. The highest BCUT2D eigenvalue weighted by Crippen LogP contribution is 2.29. The summed E-state index contributed by atoms with van der Waals surface area (Å²) in [4.78, 5) is 21.5. The summed E-state index contributed by atoms with van der Waals surface area (Å²) >= 11 is 0. The van der Waals surface area contributed by atoms with Crippen LogP contribution in [0, 0.1) is 5.41 Å². The van der Waals surface area contributed by atoms with E-state index in [4.69, 9.17) is 4.74 Å². The average Bonchev–Trinajstić information content (AvgIpc) is 3.05. The van der Waals surface area contributed by atoms with Crippen molar-refractivity contribution in [3.8, 4) is 0 Å². The summed E-state index contributed by atoms with van der Waals surface area (Å²) in [5.74, 6) is 1.23. The Morgan fingerprint density at radius 1 is 1.36 bits per heavy atom. The van der Waals surface area contributed by atoms with Gasteiger partial charge in [0.25, 0.3) is 0 Å². The van der Waals surface area contributed by atoms with E-state index < -0.39 is 0 Å². The molecule has 2 aliphatic rings. The number of nitrogens with one attached hydrogen (secondary N) is 1. The van der Waals surface area contributed by atoms with Gasteiger partial charge in [0.1, 0.15) is 5.82 Å². The number of amides is 1. The van der Waals surface area contributed by atoms with E-state index in [0.29, 0.717) is 6.61 Å². The number of carbonyl (C=O) groups is 1. The number of piperazine rings is 1. The molecule has 6 heteroatoms. The van der Waals surface area contributed by atoms with E-state index in [1.807, 2.05) is 29.3 Å². The molecule has 0 aliphatic carbocycles. The summed E-state index contributed by atoms with van der Waals surface area (Å²) in [6.45, 7) is 5.28. The molecule has 3 rings (SSSR count). The Labute approximate surface area is 131 Å². The lowest BCUT2D eigenvalue weighted by molar-refractivity contribution is -0.144. The van der Waals surface area contributed by atoms with Crippen molar-refractivity contribution in [1.29, 1.82) is 0 Å². The predicted octanol–water partition coefficient (Wildman–Crippen LogP) is 0.356. The van der Waals surface area contributed by atoms with E-state index in [0.717, 1.165) is 51.5 Å². The second-order valence-electron chi connectivity index (χ2n) is 6.11. The molecule has 0 radical (unpaired) electrons. The number of pyridine rings is 1. The number of rotatable bonds is 4. The van der Waals surface area contributed by atoms with E-state index in [1.165, 1.54) is 0 Å². The van der Waals surface area contributed by atoms with Crippen molar-refractivity contribution >= 4 is 11.7 Å². The minimum absolute atomic E-state index is 0.236. The van der Waals surface area contributed by atoms with Gasteiger partial charge in [-0.05, 0) is 25.1 Å². The van der Waals surface area contributed by atoms with Crippen LogP contribution < -0.4 is 10.2 Å². The first-order valence-corrected chi connectivity index (χ1v) is 7.90. The molecule has 1 unspecified atom stereocenters. The highest BCUT2D eigenvalue weighted by Gasteiger charge is 2.44. The number of hydrogen-bond donors (Lipinski definition) is 1. The zero-order valence-electron chi connectivity index (χ0n) is 13.1. The Hall–Kier alpha value is -1.66. The zero-order valence-corrected chi connectivity index (χ0v) is 13.1. The summed E-state index contributed by atoms with van der Waals surface area (Å²) in [6.07, 6.45) is 2.67. The Morgan fingerprint density at radius 3 is 2.77 bits per heavy atom. The molecule has 1 amide bonds. The molecule has 1 aromatic heterocycles. The van der Waals surface area contributed by atoms with Crippen molar-refractivity contribution in [3.05, 3.63) is 24.4 Å². The summed E-state index contributed by atoms with van der Waals surface area (Å²) in [6, 6.07) is 5.94. The highest BCUT2D eigenvalue weighted by atomic mass is 16.5. The first kappa shape index (κ1) is 15.2. The summed E-state index contributed by atoms with van der Waals surface area (Å²) in [7, 11) is 1.67. The molecule has 0 spiro atoms. The molecule has 22 heavy (non-hydrogen) atoms. The smallest absolute Gasteiger partial charge is 0.232 e. The van der Waals surface area contributed by atoms with Crippen molar-refractivity contribution in [2.24, 2.45) is 5.41 Å². The van der Waals surface area contributed by atoms with Gasteiger partial charge in [-0.1, -0.05) is 6.07 Å². The molecule has 1 aromatic rings. The number of nitrogens with zero attached hydrogens (tertiary/aromatic N) is 3. The number of carbonyl (C=O) groups excluding carboxylic acids is 1. The zero-order chi connectivity index (χ0) is 15.4. The molecule has 120 valence electrons. The van der Waals surface area contributed by atoms with Gasteiger partial charge in [-0.3, -0.25) is 4.79 Å². The third kappa shape index (κ3) is 2.94. The first-order valence-electron chi connectivity index (χ1n) is 7.90. The quantitative estimate of drug-likeness (QED) is 0.870. The fourth-order valence-electron chi connectivity index (χ4n) is 3.40. The standard InChI is InChI=1S/C16H24N4O2/c1-22-13-16(5-7-17-12-16)15(21)20-10-8-19(9-11-20)14-4-2-3-6-18-14/h2-4,6,17H,5,7-13H2,1H3. The van der Waals surface area contributed by atoms with Crippen LogP contribution in [0.1, 0.15) is 6.42 Å². The van der Waals surface area contributed by atoms with Gasteiger partial charge in [0, 0.05) is 46.0 Å². The average molecular weight is 304 g/mol. The molecule has 2 saturated heterocycles. The maximum Gasteiger partial charge on any atom is 0.232 e. The molecule has 1 N–H and O–H groups in total. The van der Waals surface area contributed by atoms with Crippen molar-refractivity contribution in [2.45, 2.75) is 6.42 Å². The lowest BCUT2D eigenvalue weighted by atomic mass is 9.86. The van der Waals surface area contributed by atoms with E-state index in [9.17, 15) is 4.79 Å². The Kier molecular flexibility index (Phi) is 4.59. The van der Waals surface area contributed by atoms with E-state index in [1.54, 1.807) is 7.11 Å². The minimum atomic E-state index is -0.373. The van der Waals surface area contributed by atoms with Gasteiger partial charge in [-0.25, -0.2) is 4.98 Å². The third-order valence-corrected chi connectivity index (χ3v) is 4.66. The van der Waals surface area contributed by atoms with Gasteiger partial charge < -0.3 is 19.9 Å². The molecule has 0 aromatic carbocycles. The van der Waals surface area contributed by atoms with Crippen LogP contribution in [-0.2, 0) is 9.53 Å². The van der Waals surface area contributed by atoms with Crippen LogP contribution in [0.2, 0.25) is 0 Å². The normalized spacial score (nSPS) is 25.5. The second kappa shape index (κ2) is 6.62. The molecule has 2 aliphatic heterocycles. The largest absolute Gasteiger partial charge is 0.384 e. The summed E-state index contributed by atoms with van der Waals surface area (Å²) in [5, 5.41) is 3.30. The van der Waals surface area contributed by atoms with Gasteiger partial charge in [-0.15, -0.1) is 0 Å². The Bertz CT molecular complexity index is 494. The second-order valence-corrected chi connectivity index (χ2v) is 6.11. The predicted molar refractivity (Wildman–Crippen MR) is 84.8 cm³/mol. The number of anilines is 1. The van der Waals surface area contributed by atoms with Crippen molar-refractivity contribution in [2.75, 3.05) is 57.9 Å². The number of aromatic nitrogens is 1. The number of ether oxygens (including phenoxy) is 1. The van der Waals surface area contributed by atoms with Crippen LogP contribution >= 0.6 is 0 Å². The first-order chi connectivity index (χ1) is 10.7. The fourth-order valence-corrected chi connectivity index (χ4v) is 3.40. The van der Waals surface area contributed by atoms with E-state index >= 15 is 0 Å². The molecule has 2 fully saturated rings. The molecular weight excluding hydrogens is 280 g/mol. The molecule has 6 nitrogen and oxygen atoms in total. The fraction of sp³-hybridized carbons (Fsp3) is 0.625. The van der Waals surface area contributed by atoms with Gasteiger partial charge in [0.2, 0.25) is 5.91 Å². The van der Waals surface area contributed by atoms with Gasteiger partial charge in [0.05, 0.1) is 12.0 Å². The highest BCUT2D eigenvalue weighted by molar-refractivity contribution is 5.84. The van der Waals surface area contributed by atoms with Crippen LogP contribution in [0.15, 0.2) is 24.4 Å². The Balaban J connectivity index is 1.62. The molecule has 0 bridgehead atoms. The maximum absolute atomic E-state index is 12.9. The molecule has 3 heterocycles. The van der Waals surface area contributed by atoms with Crippen molar-refractivity contribution in [3.63, 3.8) is 0 Å². The minimum Gasteiger partial charge on any atom is -0.384 e. The van der Waals surface area contributed by atoms with E-state index in [2.05, 4.69) is 15.2 Å². The third-order valence-electron chi connectivity index (χ3n) is 4.66. The van der Waals surface area contributed by atoms with Crippen molar-refractivity contribution in [1.82, 2.24) is 15.2 Å². The van der Waals surface area contributed by atoms with Crippen LogP contribution in [0.5, 0.6) is 0 Å². The van der Waals surface area contributed by atoms with Crippen molar-refractivity contribution < 1.29 is 9.53 Å². The van der Waals surface area contributed by atoms with Crippen LogP contribution in [0.25, 0.3) is 0 Å². The molecule has 1 atom stereocenters. The van der Waals surface area contributed by atoms with Crippen LogP contribution in [0.4, 0.5) is 5.82 Å². The molecular formula is C16H24N4O2. The topological polar surface area (TPSA) is 57.7 Å². The van der Waals surface area contributed by atoms with Gasteiger partial charge in [0.15, 0.2) is 0 Å². The van der Waals surface area contributed by atoms with Gasteiger partial charge in [-0.2, -0.15) is 0 Å². The van der Waals surface area contributed by atoms with E-state index in [-0.39, 0.29) is 11.3 Å². The number of methoxy groups -OCH3 is 1. The van der Waals surface area contributed by atoms with Crippen LogP contribution in [0.3, 0.4) is 0 Å². The Morgan fingerprint density at radius 2 is 2.18 bits per heavy atom. The monoisotopic (exact) mass is 304 g/mol. The van der Waals surface area contributed by atoms with Crippen LogP contribution in [-0.4, -0.2) is 68.8 Å².